The van der Waals surface area contributed by atoms with Crippen molar-refractivity contribution in [2.24, 2.45) is 23.7 Å². The largest absolute Gasteiger partial charge is 0.481 e. The van der Waals surface area contributed by atoms with Gasteiger partial charge in [0.1, 0.15) is 0 Å². The van der Waals surface area contributed by atoms with Gasteiger partial charge in [0.25, 0.3) is 5.69 Å². The zero-order valence-corrected chi connectivity index (χ0v) is 11.8. The molecule has 0 spiro atoms. The number of carboxylic acid groups (broad SMARTS) is 1. The van der Waals surface area contributed by atoms with Gasteiger partial charge in [0.15, 0.2) is 0 Å². The maximum absolute atomic E-state index is 12.5. The van der Waals surface area contributed by atoms with Gasteiger partial charge in [0, 0.05) is 17.8 Å². The van der Waals surface area contributed by atoms with E-state index in [0.29, 0.717) is 5.69 Å². The van der Waals surface area contributed by atoms with Crippen molar-refractivity contribution in [3.63, 3.8) is 0 Å². The Balaban J connectivity index is 1.78. The molecule has 1 aromatic rings. The van der Waals surface area contributed by atoms with Crippen LogP contribution in [-0.4, -0.2) is 21.9 Å². The van der Waals surface area contributed by atoms with Gasteiger partial charge >= 0.3 is 5.97 Å². The zero-order chi connectivity index (χ0) is 15.9. The van der Waals surface area contributed by atoms with E-state index in [1.54, 1.807) is 6.07 Å². The zero-order valence-electron chi connectivity index (χ0n) is 11.8. The second-order valence-corrected chi connectivity index (χ2v) is 6.02. The molecular formula is C15H16N2O5. The van der Waals surface area contributed by atoms with Crippen molar-refractivity contribution in [1.29, 1.82) is 0 Å². The summed E-state index contributed by atoms with van der Waals surface area (Å²) in [4.78, 5) is 34.1. The van der Waals surface area contributed by atoms with Gasteiger partial charge < -0.3 is 10.4 Å². The second kappa shape index (κ2) is 5.40. The minimum atomic E-state index is -0.925. The van der Waals surface area contributed by atoms with Crippen molar-refractivity contribution < 1.29 is 19.6 Å². The molecule has 22 heavy (non-hydrogen) atoms. The van der Waals surface area contributed by atoms with Gasteiger partial charge in [0.05, 0.1) is 16.8 Å². The molecule has 7 nitrogen and oxygen atoms in total. The lowest BCUT2D eigenvalue weighted by molar-refractivity contribution is -0.384. The average Bonchev–Trinajstić information content (AvgIpc) is 3.07. The molecule has 7 heteroatoms. The lowest BCUT2D eigenvalue weighted by Gasteiger charge is -2.27. The first-order chi connectivity index (χ1) is 10.5. The number of nitro benzene ring substituents is 1. The molecule has 0 saturated heterocycles. The fourth-order valence-electron chi connectivity index (χ4n) is 3.95. The Hall–Kier alpha value is -2.44. The number of amides is 1. The summed E-state index contributed by atoms with van der Waals surface area (Å²) in [5.74, 6) is -2.28. The van der Waals surface area contributed by atoms with Crippen molar-refractivity contribution in [2.45, 2.75) is 19.3 Å². The predicted molar refractivity (Wildman–Crippen MR) is 77.2 cm³/mol. The fourth-order valence-corrected chi connectivity index (χ4v) is 3.95. The summed E-state index contributed by atoms with van der Waals surface area (Å²) in [7, 11) is 0. The molecule has 3 rings (SSSR count). The lowest BCUT2D eigenvalue weighted by atomic mass is 9.78. The molecule has 2 fully saturated rings. The Morgan fingerprint density at radius 1 is 1.23 bits per heavy atom. The lowest BCUT2D eigenvalue weighted by Crippen LogP contribution is -2.37. The summed E-state index contributed by atoms with van der Waals surface area (Å²) < 4.78 is 0. The summed E-state index contributed by atoms with van der Waals surface area (Å²) >= 11 is 0. The van der Waals surface area contributed by atoms with Crippen molar-refractivity contribution in [1.82, 2.24) is 0 Å². The van der Waals surface area contributed by atoms with E-state index in [9.17, 15) is 24.8 Å². The topological polar surface area (TPSA) is 110 Å². The minimum absolute atomic E-state index is 0.0726. The Bertz CT molecular complexity index is 645. The van der Waals surface area contributed by atoms with Gasteiger partial charge in [-0.15, -0.1) is 0 Å². The minimum Gasteiger partial charge on any atom is -0.481 e. The Morgan fingerprint density at radius 2 is 1.91 bits per heavy atom. The van der Waals surface area contributed by atoms with Crippen molar-refractivity contribution in [3.8, 4) is 0 Å². The number of fused-ring (bicyclic) bond motifs is 2. The Kier molecular flexibility index (Phi) is 3.56. The van der Waals surface area contributed by atoms with Crippen molar-refractivity contribution in [3.05, 3.63) is 34.4 Å². The highest BCUT2D eigenvalue weighted by Gasteiger charge is 2.53. The maximum Gasteiger partial charge on any atom is 0.307 e. The molecule has 1 amide bonds. The Morgan fingerprint density at radius 3 is 2.55 bits per heavy atom. The number of rotatable bonds is 4. The van der Waals surface area contributed by atoms with Crippen LogP contribution in [0.2, 0.25) is 0 Å². The van der Waals surface area contributed by atoms with Crippen LogP contribution >= 0.6 is 0 Å². The number of non-ortho nitro benzene ring substituents is 1. The van der Waals surface area contributed by atoms with Gasteiger partial charge in [-0.3, -0.25) is 19.7 Å². The number of aliphatic carboxylic acids is 1. The van der Waals surface area contributed by atoms with Crippen molar-refractivity contribution >= 4 is 23.3 Å². The average molecular weight is 304 g/mol. The quantitative estimate of drug-likeness (QED) is 0.655. The smallest absolute Gasteiger partial charge is 0.307 e. The van der Waals surface area contributed by atoms with Gasteiger partial charge in [-0.05, 0) is 37.2 Å². The van der Waals surface area contributed by atoms with E-state index < -0.39 is 22.7 Å². The summed E-state index contributed by atoms with van der Waals surface area (Å²) in [6.45, 7) is 0. The van der Waals surface area contributed by atoms with E-state index >= 15 is 0 Å². The van der Waals surface area contributed by atoms with Crippen LogP contribution in [0.25, 0.3) is 0 Å². The fraction of sp³-hybridized carbons (Fsp3) is 0.467. The van der Waals surface area contributed by atoms with Crippen LogP contribution < -0.4 is 5.32 Å². The molecular weight excluding hydrogens is 288 g/mol. The van der Waals surface area contributed by atoms with E-state index in [1.807, 2.05) is 0 Å². The molecule has 2 aliphatic rings. The predicted octanol–water partition coefficient (Wildman–Crippen LogP) is 2.28. The Labute approximate surface area is 126 Å². The molecule has 2 bridgehead atoms. The highest BCUT2D eigenvalue weighted by atomic mass is 16.6. The molecule has 2 aliphatic carbocycles. The molecule has 0 heterocycles. The van der Waals surface area contributed by atoms with Gasteiger partial charge in [-0.25, -0.2) is 0 Å². The molecule has 2 saturated carbocycles. The molecule has 2 N–H and O–H groups in total. The van der Waals surface area contributed by atoms with E-state index in [2.05, 4.69) is 5.32 Å². The SMILES string of the molecule is O=C(O)[C@@H]1[C@H]2CC[C@H](C2)[C@@H]1C(=O)Nc1cccc([N+](=O)[O-])c1. The van der Waals surface area contributed by atoms with E-state index in [0.717, 1.165) is 19.3 Å². The summed E-state index contributed by atoms with van der Waals surface area (Å²) in [6.07, 6.45) is 2.52. The molecule has 0 aliphatic heterocycles. The van der Waals surface area contributed by atoms with Gasteiger partial charge in [-0.1, -0.05) is 6.07 Å². The molecule has 116 valence electrons. The highest BCUT2D eigenvalue weighted by molar-refractivity contribution is 5.96. The summed E-state index contributed by atoms with van der Waals surface area (Å²) in [5.41, 5.74) is 0.214. The van der Waals surface area contributed by atoms with E-state index in [4.69, 9.17) is 0 Å². The van der Waals surface area contributed by atoms with Crippen LogP contribution in [0.4, 0.5) is 11.4 Å². The number of hydrogen-bond acceptors (Lipinski definition) is 4. The third-order valence-electron chi connectivity index (χ3n) is 4.83. The standard InChI is InChI=1S/C15H16N2O5/c18-14(16-10-2-1-3-11(7-10)17(21)22)12-8-4-5-9(6-8)13(12)15(19)20/h1-3,7-9,12-13H,4-6H2,(H,16,18)(H,19,20)/t8-,9+,12+,13-/m1/s1. The van der Waals surface area contributed by atoms with E-state index in [1.165, 1.54) is 18.2 Å². The third kappa shape index (κ3) is 2.43. The summed E-state index contributed by atoms with van der Waals surface area (Å²) in [5, 5.41) is 22.8. The highest BCUT2D eigenvalue weighted by Crippen LogP contribution is 2.52. The first-order valence-corrected chi connectivity index (χ1v) is 7.25. The van der Waals surface area contributed by atoms with Crippen LogP contribution in [0.15, 0.2) is 24.3 Å². The van der Waals surface area contributed by atoms with Crippen molar-refractivity contribution in [2.75, 3.05) is 5.32 Å². The second-order valence-electron chi connectivity index (χ2n) is 6.02. The molecule has 1 aromatic carbocycles. The van der Waals surface area contributed by atoms with Crippen LogP contribution in [0, 0.1) is 33.8 Å². The third-order valence-corrected chi connectivity index (χ3v) is 4.83. The molecule has 0 radical (unpaired) electrons. The number of nitro groups is 1. The number of carbonyl (C=O) groups excluding carboxylic acids is 1. The molecule has 0 unspecified atom stereocenters. The maximum atomic E-state index is 12.5. The number of benzene rings is 1. The van der Waals surface area contributed by atoms with Gasteiger partial charge in [-0.2, -0.15) is 0 Å². The summed E-state index contributed by atoms with van der Waals surface area (Å²) in [6, 6.07) is 5.67. The number of nitrogens with zero attached hydrogens (tertiary/aromatic N) is 1. The number of nitrogens with one attached hydrogen (secondary N) is 1. The van der Waals surface area contributed by atoms with Crippen LogP contribution in [0.3, 0.4) is 0 Å². The number of carboxylic acids is 1. The van der Waals surface area contributed by atoms with E-state index in [-0.39, 0.29) is 23.4 Å². The monoisotopic (exact) mass is 304 g/mol. The molecule has 4 atom stereocenters. The number of hydrogen-bond donors (Lipinski definition) is 2. The first kappa shape index (κ1) is 14.5. The number of carbonyl (C=O) groups is 2. The normalized spacial score (nSPS) is 29.3. The van der Waals surface area contributed by atoms with Gasteiger partial charge in [0.2, 0.25) is 5.91 Å². The molecule has 0 aromatic heterocycles. The number of anilines is 1. The van der Waals surface area contributed by atoms with Crippen LogP contribution in [0.1, 0.15) is 19.3 Å². The first-order valence-electron chi connectivity index (χ1n) is 7.25. The van der Waals surface area contributed by atoms with Crippen LogP contribution in [-0.2, 0) is 9.59 Å². The van der Waals surface area contributed by atoms with Crippen LogP contribution in [0.5, 0.6) is 0 Å².